The van der Waals surface area contributed by atoms with Crippen molar-refractivity contribution in [3.8, 4) is 0 Å². The van der Waals surface area contributed by atoms with Crippen molar-refractivity contribution in [2.24, 2.45) is 12.8 Å². The maximum Gasteiger partial charge on any atom is 0.0987 e. The summed E-state index contributed by atoms with van der Waals surface area (Å²) >= 11 is 5.29. The highest BCUT2D eigenvalue weighted by atomic mass is 79.9. The van der Waals surface area contributed by atoms with Gasteiger partial charge in [-0.2, -0.15) is 5.10 Å². The van der Waals surface area contributed by atoms with Crippen molar-refractivity contribution < 1.29 is 0 Å². The Balaban J connectivity index is 2.27. The van der Waals surface area contributed by atoms with Gasteiger partial charge in [0.1, 0.15) is 0 Å². The zero-order valence-corrected chi connectivity index (χ0v) is 13.0. The maximum absolute atomic E-state index is 5.87. The smallest absolute Gasteiger partial charge is 0.0987 e. The van der Waals surface area contributed by atoms with Crippen LogP contribution in [0.25, 0.3) is 0 Å². The average molecular weight is 326 g/mol. The first kappa shape index (κ1) is 13.6. The van der Waals surface area contributed by atoms with Crippen LogP contribution in [-0.2, 0) is 7.05 Å². The second-order valence-corrected chi connectivity index (χ2v) is 6.24. The van der Waals surface area contributed by atoms with Crippen LogP contribution in [0.15, 0.2) is 38.7 Å². The second kappa shape index (κ2) is 5.47. The van der Waals surface area contributed by atoms with Crippen molar-refractivity contribution in [1.29, 1.82) is 0 Å². The fraction of sp³-hybridized carbons (Fsp3) is 0.308. The lowest BCUT2D eigenvalue weighted by molar-refractivity contribution is 0.692. The van der Waals surface area contributed by atoms with Crippen LogP contribution in [0.1, 0.15) is 24.2 Å². The Labute approximate surface area is 120 Å². The summed E-state index contributed by atoms with van der Waals surface area (Å²) in [6.45, 7) is 3.98. The van der Waals surface area contributed by atoms with Crippen LogP contribution in [0.5, 0.6) is 0 Å². The lowest BCUT2D eigenvalue weighted by atomic mass is 10.1. The molecule has 18 heavy (non-hydrogen) atoms. The van der Waals surface area contributed by atoms with E-state index in [0.29, 0.717) is 0 Å². The molecule has 1 heterocycles. The molecule has 2 rings (SSSR count). The molecule has 0 amide bonds. The minimum atomic E-state index is 0.0549. The Bertz CT molecular complexity index is 563. The summed E-state index contributed by atoms with van der Waals surface area (Å²) in [7, 11) is 1.96. The molecule has 1 aromatic heterocycles. The molecule has 96 valence electrons. The Hall–Kier alpha value is -0.780. The number of hydrogen-bond acceptors (Lipinski definition) is 3. The predicted molar refractivity (Wildman–Crippen MR) is 78.8 cm³/mol. The van der Waals surface area contributed by atoms with Crippen LogP contribution in [-0.4, -0.2) is 9.78 Å². The first-order valence-corrected chi connectivity index (χ1v) is 7.32. The van der Waals surface area contributed by atoms with Gasteiger partial charge in [0.2, 0.25) is 0 Å². The van der Waals surface area contributed by atoms with Crippen LogP contribution in [0.2, 0.25) is 0 Å². The predicted octanol–water partition coefficient (Wildman–Crippen LogP) is 3.66. The maximum atomic E-state index is 5.87. The largest absolute Gasteiger partial charge is 0.324 e. The average Bonchev–Trinajstić information content (AvgIpc) is 2.60. The topological polar surface area (TPSA) is 43.8 Å². The van der Waals surface area contributed by atoms with E-state index in [4.69, 9.17) is 5.73 Å². The van der Waals surface area contributed by atoms with Crippen molar-refractivity contribution in [3.05, 3.63) is 40.0 Å². The van der Waals surface area contributed by atoms with Gasteiger partial charge in [0.15, 0.2) is 0 Å². The van der Waals surface area contributed by atoms with E-state index in [1.165, 1.54) is 4.90 Å². The number of aryl methyl sites for hydroxylation is 2. The van der Waals surface area contributed by atoms with Crippen LogP contribution >= 0.6 is 27.7 Å². The zero-order valence-electron chi connectivity index (χ0n) is 10.6. The number of halogens is 1. The van der Waals surface area contributed by atoms with Gasteiger partial charge in [-0.3, -0.25) is 4.68 Å². The molecule has 0 aliphatic carbocycles. The summed E-state index contributed by atoms with van der Waals surface area (Å²) < 4.78 is 2.97. The van der Waals surface area contributed by atoms with Crippen LogP contribution < -0.4 is 5.73 Å². The Morgan fingerprint density at radius 3 is 2.61 bits per heavy atom. The molecule has 0 fully saturated rings. The molecule has 2 N–H and O–H groups in total. The van der Waals surface area contributed by atoms with E-state index in [2.05, 4.69) is 45.3 Å². The molecule has 5 heteroatoms. The molecule has 0 aliphatic heterocycles. The standard InChI is InChI=1S/C13H16BrN3S/c1-8-6-13(17(3)16-8)18-12-5-4-10(9(2)15)7-11(12)14/h4-7,9H,15H2,1-3H3/t9-/m1/s1. The minimum absolute atomic E-state index is 0.0549. The summed E-state index contributed by atoms with van der Waals surface area (Å²) in [6, 6.07) is 8.38. The Morgan fingerprint density at radius 2 is 2.11 bits per heavy atom. The highest BCUT2D eigenvalue weighted by Crippen LogP contribution is 2.34. The van der Waals surface area contributed by atoms with E-state index in [-0.39, 0.29) is 6.04 Å². The fourth-order valence-electron chi connectivity index (χ4n) is 1.68. The van der Waals surface area contributed by atoms with Gasteiger partial charge in [-0.05, 0) is 53.5 Å². The fourth-order valence-corrected chi connectivity index (χ4v) is 3.24. The molecule has 2 aromatic rings. The van der Waals surface area contributed by atoms with Crippen molar-refractivity contribution in [2.75, 3.05) is 0 Å². The van der Waals surface area contributed by atoms with Gasteiger partial charge in [0.05, 0.1) is 10.7 Å². The summed E-state index contributed by atoms with van der Waals surface area (Å²) in [4.78, 5) is 1.17. The number of aromatic nitrogens is 2. The molecule has 3 nitrogen and oxygen atoms in total. The second-order valence-electron chi connectivity index (χ2n) is 4.33. The molecule has 0 aliphatic rings. The van der Waals surface area contributed by atoms with Crippen molar-refractivity contribution >= 4 is 27.7 Å². The van der Waals surface area contributed by atoms with Crippen LogP contribution in [0.3, 0.4) is 0 Å². The molecular weight excluding hydrogens is 310 g/mol. The van der Waals surface area contributed by atoms with E-state index >= 15 is 0 Å². The summed E-state index contributed by atoms with van der Waals surface area (Å²) in [5.74, 6) is 0. The molecule has 0 radical (unpaired) electrons. The Kier molecular flexibility index (Phi) is 4.14. The molecule has 0 saturated carbocycles. The highest BCUT2D eigenvalue weighted by Gasteiger charge is 2.09. The van der Waals surface area contributed by atoms with Gasteiger partial charge in [0.25, 0.3) is 0 Å². The van der Waals surface area contributed by atoms with Crippen LogP contribution in [0.4, 0.5) is 0 Å². The minimum Gasteiger partial charge on any atom is -0.324 e. The van der Waals surface area contributed by atoms with Crippen LogP contribution in [0, 0.1) is 6.92 Å². The Morgan fingerprint density at radius 1 is 1.39 bits per heavy atom. The van der Waals surface area contributed by atoms with Gasteiger partial charge < -0.3 is 5.73 Å². The number of nitrogens with zero attached hydrogens (tertiary/aromatic N) is 2. The quantitative estimate of drug-likeness (QED) is 0.936. The third-order valence-corrected chi connectivity index (χ3v) is 4.74. The third-order valence-electron chi connectivity index (χ3n) is 2.66. The van der Waals surface area contributed by atoms with E-state index in [1.54, 1.807) is 11.8 Å². The lowest BCUT2D eigenvalue weighted by Gasteiger charge is -2.09. The summed E-state index contributed by atoms with van der Waals surface area (Å²) in [6.07, 6.45) is 0. The molecule has 0 spiro atoms. The molecule has 1 aromatic carbocycles. The lowest BCUT2D eigenvalue weighted by Crippen LogP contribution is -2.04. The number of hydrogen-bond donors (Lipinski definition) is 1. The van der Waals surface area contributed by atoms with E-state index in [0.717, 1.165) is 20.8 Å². The van der Waals surface area contributed by atoms with Gasteiger partial charge in [-0.1, -0.05) is 17.8 Å². The molecular formula is C13H16BrN3S. The summed E-state index contributed by atoms with van der Waals surface area (Å²) in [5.41, 5.74) is 8.03. The first-order valence-electron chi connectivity index (χ1n) is 5.71. The van der Waals surface area contributed by atoms with Crippen molar-refractivity contribution in [3.63, 3.8) is 0 Å². The van der Waals surface area contributed by atoms with E-state index in [1.807, 2.05) is 25.6 Å². The normalized spacial score (nSPS) is 12.7. The van der Waals surface area contributed by atoms with Gasteiger partial charge in [-0.15, -0.1) is 0 Å². The highest BCUT2D eigenvalue weighted by molar-refractivity contribution is 9.10. The number of nitrogens with two attached hydrogens (primary N) is 1. The molecule has 1 atom stereocenters. The molecule has 0 unspecified atom stereocenters. The third kappa shape index (κ3) is 2.96. The van der Waals surface area contributed by atoms with Crippen molar-refractivity contribution in [1.82, 2.24) is 9.78 Å². The number of rotatable bonds is 3. The van der Waals surface area contributed by atoms with Gasteiger partial charge >= 0.3 is 0 Å². The van der Waals surface area contributed by atoms with E-state index in [9.17, 15) is 0 Å². The first-order chi connectivity index (χ1) is 8.47. The van der Waals surface area contributed by atoms with Crippen molar-refractivity contribution in [2.45, 2.75) is 29.8 Å². The van der Waals surface area contributed by atoms with Gasteiger partial charge in [-0.25, -0.2) is 0 Å². The van der Waals surface area contributed by atoms with E-state index < -0.39 is 0 Å². The molecule has 0 saturated heterocycles. The summed E-state index contributed by atoms with van der Waals surface area (Å²) in [5, 5.41) is 5.47. The number of benzene rings is 1. The zero-order chi connectivity index (χ0) is 13.3. The SMILES string of the molecule is Cc1cc(Sc2ccc([C@@H](C)N)cc2Br)n(C)n1. The van der Waals surface area contributed by atoms with Gasteiger partial charge in [0, 0.05) is 22.5 Å². The molecule has 0 bridgehead atoms. The monoisotopic (exact) mass is 325 g/mol.